The number of ether oxygens (including phenoxy) is 1. The summed E-state index contributed by atoms with van der Waals surface area (Å²) in [6, 6.07) is 6.06. The van der Waals surface area contributed by atoms with Crippen molar-refractivity contribution in [3.05, 3.63) is 41.8 Å². The molecule has 0 unspecified atom stereocenters. The Morgan fingerprint density at radius 3 is 2.58 bits per heavy atom. The van der Waals surface area contributed by atoms with E-state index in [1.54, 1.807) is 18.3 Å². The van der Waals surface area contributed by atoms with Crippen LogP contribution in [0, 0.1) is 5.82 Å². The smallest absolute Gasteiger partial charge is 0.167 e. The summed E-state index contributed by atoms with van der Waals surface area (Å²) in [5.74, 6) is 0.540. The summed E-state index contributed by atoms with van der Waals surface area (Å²) < 4.78 is 19.8. The Morgan fingerprint density at radius 1 is 1.12 bits per heavy atom. The third-order valence-electron chi connectivity index (χ3n) is 4.20. The highest BCUT2D eigenvalue weighted by Gasteiger charge is 2.19. The minimum atomic E-state index is -0.504. The monoisotopic (exact) mass is 331 g/mol. The van der Waals surface area contributed by atoms with E-state index >= 15 is 0 Å². The number of rotatable bonds is 4. The fraction of sp³-hybridized carbons (Fsp3) is 0.353. The number of pyridine rings is 1. The maximum Gasteiger partial charge on any atom is 0.167 e. The Bertz CT molecular complexity index is 716. The Balaban J connectivity index is 1.82. The zero-order valence-corrected chi connectivity index (χ0v) is 13.7. The van der Waals surface area contributed by atoms with Crippen LogP contribution in [0.1, 0.15) is 5.56 Å². The second-order valence-electron chi connectivity index (χ2n) is 6.04. The molecule has 0 amide bonds. The molecular weight excluding hydrogens is 309 g/mol. The summed E-state index contributed by atoms with van der Waals surface area (Å²) in [5, 5.41) is 0. The molecule has 1 aliphatic rings. The quantitative estimate of drug-likeness (QED) is 0.833. The Morgan fingerprint density at radius 2 is 1.88 bits per heavy atom. The molecule has 1 aromatic heterocycles. The number of hydrogen-bond donors (Lipinski definition) is 2. The second-order valence-corrected chi connectivity index (χ2v) is 6.04. The topological polar surface area (TPSA) is 80.6 Å². The molecule has 4 N–H and O–H groups in total. The lowest BCUT2D eigenvalue weighted by molar-refractivity contribution is 0.147. The van der Waals surface area contributed by atoms with Crippen LogP contribution >= 0.6 is 0 Å². The van der Waals surface area contributed by atoms with Crippen LogP contribution in [0.25, 0.3) is 0 Å². The molecule has 2 heterocycles. The lowest BCUT2D eigenvalue weighted by Gasteiger charge is -2.32. The molecule has 1 aromatic carbocycles. The van der Waals surface area contributed by atoms with Crippen LogP contribution in [0.15, 0.2) is 30.5 Å². The van der Waals surface area contributed by atoms with Gasteiger partial charge in [-0.2, -0.15) is 0 Å². The fourth-order valence-electron chi connectivity index (χ4n) is 2.69. The zero-order valence-electron chi connectivity index (χ0n) is 13.7. The van der Waals surface area contributed by atoms with Gasteiger partial charge in [0.15, 0.2) is 11.6 Å². The number of anilines is 2. The highest BCUT2D eigenvalue weighted by Crippen LogP contribution is 2.31. The van der Waals surface area contributed by atoms with E-state index in [0.717, 1.165) is 31.7 Å². The van der Waals surface area contributed by atoms with Gasteiger partial charge in [0.05, 0.1) is 5.56 Å². The van der Waals surface area contributed by atoms with Gasteiger partial charge in [-0.25, -0.2) is 9.37 Å². The normalized spacial score (nSPS) is 16.2. The van der Waals surface area contributed by atoms with Crippen molar-refractivity contribution in [1.29, 1.82) is 0 Å². The molecule has 1 aliphatic heterocycles. The van der Waals surface area contributed by atoms with Gasteiger partial charge in [-0.3, -0.25) is 4.90 Å². The third-order valence-corrected chi connectivity index (χ3v) is 4.20. The number of aromatic nitrogens is 1. The average Bonchev–Trinajstić information content (AvgIpc) is 2.55. The second kappa shape index (κ2) is 7.02. The Labute approximate surface area is 140 Å². The zero-order chi connectivity index (χ0) is 17.1. The van der Waals surface area contributed by atoms with Crippen molar-refractivity contribution in [3.63, 3.8) is 0 Å². The van der Waals surface area contributed by atoms with Gasteiger partial charge in [0.1, 0.15) is 11.6 Å². The SMILES string of the molecule is CN1CCN(Cc2c(Oc3ccc(N)cc3F)ccnc2N)CC1. The van der Waals surface area contributed by atoms with Crippen LogP contribution in [0.3, 0.4) is 0 Å². The predicted octanol–water partition coefficient (Wildman–Crippen LogP) is 1.92. The van der Waals surface area contributed by atoms with E-state index in [4.69, 9.17) is 16.2 Å². The highest BCUT2D eigenvalue weighted by molar-refractivity contribution is 5.51. The number of hydrogen-bond acceptors (Lipinski definition) is 6. The fourth-order valence-corrected chi connectivity index (χ4v) is 2.69. The van der Waals surface area contributed by atoms with Crippen molar-refractivity contribution in [1.82, 2.24) is 14.8 Å². The molecule has 0 radical (unpaired) electrons. The van der Waals surface area contributed by atoms with E-state index in [-0.39, 0.29) is 5.75 Å². The standard InChI is InChI=1S/C17H22FN5O/c1-22-6-8-23(9-7-22)11-13-15(4-5-21-17(13)20)24-16-3-2-12(19)10-14(16)18/h2-5,10H,6-9,11,19H2,1H3,(H2,20,21). The van der Waals surface area contributed by atoms with Crippen LogP contribution in [0.5, 0.6) is 11.5 Å². The number of benzene rings is 1. The van der Waals surface area contributed by atoms with Crippen molar-refractivity contribution in [2.75, 3.05) is 44.7 Å². The first-order valence-corrected chi connectivity index (χ1v) is 7.90. The molecule has 2 aromatic rings. The summed E-state index contributed by atoms with van der Waals surface area (Å²) in [6.45, 7) is 4.52. The van der Waals surface area contributed by atoms with E-state index in [9.17, 15) is 4.39 Å². The number of likely N-dealkylation sites (N-methyl/N-ethyl adjacent to an activating group) is 1. The largest absolute Gasteiger partial charge is 0.454 e. The number of halogens is 1. The lowest BCUT2D eigenvalue weighted by Crippen LogP contribution is -2.44. The van der Waals surface area contributed by atoms with Gasteiger partial charge < -0.3 is 21.1 Å². The summed E-state index contributed by atoms with van der Waals surface area (Å²) >= 11 is 0. The van der Waals surface area contributed by atoms with Crippen molar-refractivity contribution < 1.29 is 9.13 Å². The van der Waals surface area contributed by atoms with Gasteiger partial charge in [0, 0.05) is 50.7 Å². The summed E-state index contributed by atoms with van der Waals surface area (Å²) in [6.07, 6.45) is 1.56. The van der Waals surface area contributed by atoms with Crippen LogP contribution in [-0.4, -0.2) is 48.0 Å². The van der Waals surface area contributed by atoms with Gasteiger partial charge in [-0.15, -0.1) is 0 Å². The van der Waals surface area contributed by atoms with E-state index in [0.29, 0.717) is 23.8 Å². The van der Waals surface area contributed by atoms with Crippen LogP contribution in [0.2, 0.25) is 0 Å². The van der Waals surface area contributed by atoms with Crippen LogP contribution in [-0.2, 0) is 6.54 Å². The van der Waals surface area contributed by atoms with E-state index in [2.05, 4.69) is 21.8 Å². The molecule has 128 valence electrons. The molecule has 0 bridgehead atoms. The van der Waals surface area contributed by atoms with Gasteiger partial charge in [-0.1, -0.05) is 0 Å². The van der Waals surface area contributed by atoms with Crippen molar-refractivity contribution in [2.45, 2.75) is 6.54 Å². The predicted molar refractivity (Wildman–Crippen MR) is 92.3 cm³/mol. The molecule has 0 saturated carbocycles. The minimum absolute atomic E-state index is 0.120. The van der Waals surface area contributed by atoms with Crippen molar-refractivity contribution >= 4 is 11.5 Å². The lowest BCUT2D eigenvalue weighted by atomic mass is 10.2. The molecule has 24 heavy (non-hydrogen) atoms. The van der Waals surface area contributed by atoms with E-state index in [1.807, 2.05) is 0 Å². The molecule has 0 aliphatic carbocycles. The average molecular weight is 331 g/mol. The molecule has 1 fully saturated rings. The van der Waals surface area contributed by atoms with E-state index < -0.39 is 5.82 Å². The molecule has 1 saturated heterocycles. The number of nitrogens with two attached hydrogens (primary N) is 2. The van der Waals surface area contributed by atoms with Gasteiger partial charge in [0.25, 0.3) is 0 Å². The number of piperazine rings is 1. The van der Waals surface area contributed by atoms with Gasteiger partial charge in [-0.05, 0) is 25.2 Å². The summed E-state index contributed by atoms with van der Waals surface area (Å²) in [5.41, 5.74) is 12.7. The molecular formula is C17H22FN5O. The molecule has 6 nitrogen and oxygen atoms in total. The number of nitrogens with zero attached hydrogens (tertiary/aromatic N) is 3. The Kier molecular flexibility index (Phi) is 4.82. The van der Waals surface area contributed by atoms with E-state index in [1.165, 1.54) is 12.1 Å². The maximum atomic E-state index is 14.0. The van der Waals surface area contributed by atoms with Crippen molar-refractivity contribution in [3.8, 4) is 11.5 Å². The van der Waals surface area contributed by atoms with Crippen LogP contribution < -0.4 is 16.2 Å². The first-order valence-electron chi connectivity index (χ1n) is 7.90. The molecule has 7 heteroatoms. The molecule has 3 rings (SSSR count). The number of nitrogen functional groups attached to an aromatic ring is 2. The first kappa shape index (κ1) is 16.5. The first-order chi connectivity index (χ1) is 11.5. The molecule has 0 spiro atoms. The summed E-state index contributed by atoms with van der Waals surface area (Å²) in [4.78, 5) is 8.72. The van der Waals surface area contributed by atoms with Crippen LogP contribution in [0.4, 0.5) is 15.9 Å². The third kappa shape index (κ3) is 3.74. The highest BCUT2D eigenvalue weighted by atomic mass is 19.1. The van der Waals surface area contributed by atoms with Gasteiger partial charge >= 0.3 is 0 Å². The minimum Gasteiger partial charge on any atom is -0.454 e. The van der Waals surface area contributed by atoms with Crippen molar-refractivity contribution in [2.24, 2.45) is 0 Å². The maximum absolute atomic E-state index is 14.0. The van der Waals surface area contributed by atoms with Gasteiger partial charge in [0.2, 0.25) is 0 Å². The molecule has 0 atom stereocenters. The Hall–Kier alpha value is -2.38. The summed E-state index contributed by atoms with van der Waals surface area (Å²) in [7, 11) is 2.11.